The molecule has 0 aromatic heterocycles. The van der Waals surface area contributed by atoms with Gasteiger partial charge in [0.2, 0.25) is 0 Å². The van der Waals surface area contributed by atoms with Crippen LogP contribution in [-0.4, -0.2) is 43.0 Å². The molecule has 0 spiro atoms. The van der Waals surface area contributed by atoms with E-state index in [-0.39, 0.29) is 11.8 Å². The first-order valence-electron chi connectivity index (χ1n) is 7.67. The second kappa shape index (κ2) is 7.47. The first-order valence-corrected chi connectivity index (χ1v) is 8.05. The van der Waals surface area contributed by atoms with E-state index >= 15 is 0 Å². The number of anilines is 1. The zero-order valence-electron chi connectivity index (χ0n) is 13.0. The van der Waals surface area contributed by atoms with Crippen molar-refractivity contribution in [2.45, 2.75) is 0 Å². The first kappa shape index (κ1) is 16.5. The fourth-order valence-electron chi connectivity index (χ4n) is 2.45. The Morgan fingerprint density at radius 2 is 1.50 bits per heavy atom. The smallest absolute Gasteiger partial charge is 0.255 e. The Kier molecular flexibility index (Phi) is 5.13. The monoisotopic (exact) mass is 344 g/mol. The van der Waals surface area contributed by atoms with Crippen LogP contribution in [0.15, 0.2) is 48.5 Å². The lowest BCUT2D eigenvalue weighted by Gasteiger charge is -2.26. The van der Waals surface area contributed by atoms with Crippen molar-refractivity contribution in [3.63, 3.8) is 0 Å². The van der Waals surface area contributed by atoms with Crippen LogP contribution in [0.5, 0.6) is 0 Å². The molecule has 3 rings (SSSR count). The molecule has 1 saturated heterocycles. The minimum atomic E-state index is -0.223. The van der Waals surface area contributed by atoms with Crippen LogP contribution in [0.25, 0.3) is 0 Å². The molecular weight excluding hydrogens is 328 g/mol. The fourth-order valence-corrected chi connectivity index (χ4v) is 2.58. The lowest BCUT2D eigenvalue weighted by molar-refractivity contribution is 0.0303. The summed E-state index contributed by atoms with van der Waals surface area (Å²) in [7, 11) is 0. The highest BCUT2D eigenvalue weighted by molar-refractivity contribution is 6.30. The van der Waals surface area contributed by atoms with Gasteiger partial charge in [0.05, 0.1) is 13.2 Å². The standard InChI is InChI=1S/C18H17ClN2O3/c19-15-5-1-13(2-6-15)17(22)20-16-7-3-14(4-8-16)18(23)21-9-11-24-12-10-21/h1-8H,9-12H2,(H,20,22). The SMILES string of the molecule is O=C(Nc1ccc(C(=O)N2CCOCC2)cc1)c1ccc(Cl)cc1. The Bertz CT molecular complexity index is 723. The van der Waals surface area contributed by atoms with Crippen LogP contribution in [0.2, 0.25) is 5.02 Å². The maximum absolute atomic E-state index is 12.4. The summed E-state index contributed by atoms with van der Waals surface area (Å²) in [5, 5.41) is 3.38. The zero-order chi connectivity index (χ0) is 16.9. The van der Waals surface area contributed by atoms with Gasteiger partial charge in [-0.1, -0.05) is 11.6 Å². The van der Waals surface area contributed by atoms with Crippen molar-refractivity contribution in [1.29, 1.82) is 0 Å². The first-order chi connectivity index (χ1) is 11.6. The highest BCUT2D eigenvalue weighted by Crippen LogP contribution is 2.15. The lowest BCUT2D eigenvalue weighted by Crippen LogP contribution is -2.40. The van der Waals surface area contributed by atoms with Crippen LogP contribution < -0.4 is 5.32 Å². The van der Waals surface area contributed by atoms with E-state index in [9.17, 15) is 9.59 Å². The highest BCUT2D eigenvalue weighted by atomic mass is 35.5. The molecule has 5 nitrogen and oxygen atoms in total. The summed E-state index contributed by atoms with van der Waals surface area (Å²) < 4.78 is 5.25. The van der Waals surface area contributed by atoms with Crippen LogP contribution in [0.3, 0.4) is 0 Å². The quantitative estimate of drug-likeness (QED) is 0.931. The van der Waals surface area contributed by atoms with E-state index in [1.54, 1.807) is 53.4 Å². The van der Waals surface area contributed by atoms with Gasteiger partial charge in [-0.05, 0) is 48.5 Å². The summed E-state index contributed by atoms with van der Waals surface area (Å²) in [5.74, 6) is -0.243. The average Bonchev–Trinajstić information content (AvgIpc) is 2.63. The number of halogens is 1. The van der Waals surface area contributed by atoms with Crippen molar-refractivity contribution in [1.82, 2.24) is 4.90 Å². The largest absolute Gasteiger partial charge is 0.378 e. The van der Waals surface area contributed by atoms with Gasteiger partial charge >= 0.3 is 0 Å². The number of hydrogen-bond acceptors (Lipinski definition) is 3. The van der Waals surface area contributed by atoms with Crippen LogP contribution in [0.4, 0.5) is 5.69 Å². The predicted octanol–water partition coefficient (Wildman–Crippen LogP) is 3.06. The molecule has 1 N–H and O–H groups in total. The summed E-state index contributed by atoms with van der Waals surface area (Å²) in [6.45, 7) is 2.35. The Labute approximate surface area is 145 Å². The van der Waals surface area contributed by atoms with Gasteiger partial charge in [-0.3, -0.25) is 9.59 Å². The number of amides is 2. The molecule has 0 saturated carbocycles. The maximum Gasteiger partial charge on any atom is 0.255 e. The van der Waals surface area contributed by atoms with Crippen molar-refractivity contribution in [2.24, 2.45) is 0 Å². The van der Waals surface area contributed by atoms with E-state index in [2.05, 4.69) is 5.32 Å². The Morgan fingerprint density at radius 1 is 0.917 bits per heavy atom. The van der Waals surface area contributed by atoms with Crippen LogP contribution in [-0.2, 0) is 4.74 Å². The summed E-state index contributed by atoms with van der Waals surface area (Å²) >= 11 is 5.81. The summed E-state index contributed by atoms with van der Waals surface area (Å²) in [6.07, 6.45) is 0. The summed E-state index contributed by atoms with van der Waals surface area (Å²) in [5.41, 5.74) is 1.75. The molecule has 1 aliphatic rings. The Hall–Kier alpha value is -2.37. The van der Waals surface area contributed by atoms with Gasteiger partial charge in [-0.2, -0.15) is 0 Å². The topological polar surface area (TPSA) is 58.6 Å². The molecule has 1 aliphatic heterocycles. The van der Waals surface area contributed by atoms with Gasteiger partial charge < -0.3 is 15.0 Å². The van der Waals surface area contributed by atoms with Crippen molar-refractivity contribution < 1.29 is 14.3 Å². The lowest BCUT2D eigenvalue weighted by atomic mass is 10.1. The third-order valence-electron chi connectivity index (χ3n) is 3.79. The van der Waals surface area contributed by atoms with Crippen molar-refractivity contribution >= 4 is 29.1 Å². The minimum absolute atomic E-state index is 0.0196. The van der Waals surface area contributed by atoms with Gasteiger partial charge in [-0.15, -0.1) is 0 Å². The molecule has 0 unspecified atom stereocenters. The molecular formula is C18H17ClN2O3. The van der Waals surface area contributed by atoms with E-state index < -0.39 is 0 Å². The van der Waals surface area contributed by atoms with E-state index in [0.717, 1.165) is 0 Å². The van der Waals surface area contributed by atoms with E-state index in [1.807, 2.05) is 0 Å². The number of nitrogens with zero attached hydrogens (tertiary/aromatic N) is 1. The third-order valence-corrected chi connectivity index (χ3v) is 4.05. The van der Waals surface area contributed by atoms with E-state index in [0.29, 0.717) is 48.1 Å². The molecule has 24 heavy (non-hydrogen) atoms. The number of benzene rings is 2. The summed E-state index contributed by atoms with van der Waals surface area (Å²) in [4.78, 5) is 26.3. The van der Waals surface area contributed by atoms with Gasteiger partial charge in [0.25, 0.3) is 11.8 Å². The summed E-state index contributed by atoms with van der Waals surface area (Å²) in [6, 6.07) is 13.5. The van der Waals surface area contributed by atoms with Crippen molar-refractivity contribution in [3.05, 3.63) is 64.7 Å². The molecule has 2 aromatic rings. The molecule has 1 fully saturated rings. The van der Waals surface area contributed by atoms with E-state index in [4.69, 9.17) is 16.3 Å². The van der Waals surface area contributed by atoms with Gasteiger partial charge in [0, 0.05) is 34.9 Å². The normalized spacial score (nSPS) is 14.3. The molecule has 6 heteroatoms. The zero-order valence-corrected chi connectivity index (χ0v) is 13.8. The predicted molar refractivity (Wildman–Crippen MR) is 92.6 cm³/mol. The molecule has 0 aliphatic carbocycles. The number of morpholine rings is 1. The number of hydrogen-bond donors (Lipinski definition) is 1. The number of nitrogens with one attached hydrogen (secondary N) is 1. The van der Waals surface area contributed by atoms with Crippen LogP contribution in [0.1, 0.15) is 20.7 Å². The maximum atomic E-state index is 12.4. The molecule has 0 radical (unpaired) electrons. The Morgan fingerprint density at radius 3 is 2.12 bits per heavy atom. The molecule has 0 bridgehead atoms. The van der Waals surface area contributed by atoms with Gasteiger partial charge in [0.15, 0.2) is 0 Å². The minimum Gasteiger partial charge on any atom is -0.378 e. The third kappa shape index (κ3) is 3.93. The van der Waals surface area contributed by atoms with Crippen molar-refractivity contribution in [2.75, 3.05) is 31.6 Å². The van der Waals surface area contributed by atoms with Crippen LogP contribution in [0, 0.1) is 0 Å². The second-order valence-corrected chi connectivity index (χ2v) is 5.88. The fraction of sp³-hybridized carbons (Fsp3) is 0.222. The number of carbonyl (C=O) groups is 2. The second-order valence-electron chi connectivity index (χ2n) is 5.44. The van der Waals surface area contributed by atoms with Gasteiger partial charge in [-0.25, -0.2) is 0 Å². The average molecular weight is 345 g/mol. The van der Waals surface area contributed by atoms with E-state index in [1.165, 1.54) is 0 Å². The number of rotatable bonds is 3. The van der Waals surface area contributed by atoms with Gasteiger partial charge in [0.1, 0.15) is 0 Å². The molecule has 2 aromatic carbocycles. The highest BCUT2D eigenvalue weighted by Gasteiger charge is 2.18. The van der Waals surface area contributed by atoms with Crippen LogP contribution >= 0.6 is 11.6 Å². The molecule has 124 valence electrons. The number of ether oxygens (including phenoxy) is 1. The molecule has 1 heterocycles. The Balaban J connectivity index is 1.64. The molecule has 0 atom stereocenters. The molecule has 2 amide bonds. The number of carbonyl (C=O) groups excluding carboxylic acids is 2. The van der Waals surface area contributed by atoms with Crippen molar-refractivity contribution in [3.8, 4) is 0 Å².